The third-order valence-electron chi connectivity index (χ3n) is 4.09. The molecule has 0 aliphatic heterocycles. The van der Waals surface area contributed by atoms with Gasteiger partial charge >= 0.3 is 5.69 Å². The molecule has 0 aromatic carbocycles. The third kappa shape index (κ3) is 3.80. The number of nitrogens with two attached hydrogens (primary N) is 1. The van der Waals surface area contributed by atoms with Crippen molar-refractivity contribution in [3.63, 3.8) is 0 Å². The zero-order valence-corrected chi connectivity index (χ0v) is 14.6. The number of anilines is 1. The van der Waals surface area contributed by atoms with E-state index < -0.39 is 17.0 Å². The molecule has 1 saturated carbocycles. The summed E-state index contributed by atoms with van der Waals surface area (Å²) in [6.45, 7) is 4.82. The van der Waals surface area contributed by atoms with Crippen molar-refractivity contribution in [3.8, 4) is 0 Å². The van der Waals surface area contributed by atoms with Crippen LogP contribution < -0.4 is 17.0 Å². The number of hydrogen-bond acceptors (Lipinski definition) is 6. The lowest BCUT2D eigenvalue weighted by molar-refractivity contribution is 0.0933. The zero-order valence-electron chi connectivity index (χ0n) is 13.7. The van der Waals surface area contributed by atoms with E-state index in [0.717, 1.165) is 17.7 Å². The summed E-state index contributed by atoms with van der Waals surface area (Å²) in [6, 6.07) is 3.91. The van der Waals surface area contributed by atoms with Crippen molar-refractivity contribution in [2.45, 2.75) is 25.4 Å². The number of nitrogens with one attached hydrogen (secondary N) is 1. The number of hydrogen-bond donors (Lipinski definition) is 2. The molecule has 7 nitrogen and oxygen atoms in total. The molecular weight excluding hydrogens is 340 g/mol. The Morgan fingerprint density at radius 3 is 2.84 bits per heavy atom. The summed E-state index contributed by atoms with van der Waals surface area (Å²) in [5.41, 5.74) is 4.59. The van der Waals surface area contributed by atoms with Crippen LogP contribution in [-0.2, 0) is 6.54 Å². The van der Waals surface area contributed by atoms with Crippen molar-refractivity contribution in [2.75, 3.05) is 18.8 Å². The quantitative estimate of drug-likeness (QED) is 0.547. The molecule has 0 atom stereocenters. The number of rotatable bonds is 8. The summed E-state index contributed by atoms with van der Waals surface area (Å²) < 4.78 is 1.33. The van der Waals surface area contributed by atoms with Crippen molar-refractivity contribution < 1.29 is 4.79 Å². The summed E-state index contributed by atoms with van der Waals surface area (Å²) in [6.07, 6.45) is 3.36. The van der Waals surface area contributed by atoms with Crippen LogP contribution in [0, 0.1) is 0 Å². The Balaban J connectivity index is 1.86. The van der Waals surface area contributed by atoms with E-state index in [0.29, 0.717) is 13.1 Å². The minimum atomic E-state index is -0.723. The number of carbonyl (C=O) groups is 1. The van der Waals surface area contributed by atoms with Gasteiger partial charge in [0, 0.05) is 24.0 Å². The fourth-order valence-corrected chi connectivity index (χ4v) is 3.55. The van der Waals surface area contributed by atoms with Gasteiger partial charge in [-0.2, -0.15) is 0 Å². The first-order valence-electron chi connectivity index (χ1n) is 8.04. The second-order valence-corrected chi connectivity index (χ2v) is 7.11. The Morgan fingerprint density at radius 1 is 1.48 bits per heavy atom. The van der Waals surface area contributed by atoms with Gasteiger partial charge in [0.25, 0.3) is 5.56 Å². The van der Waals surface area contributed by atoms with Gasteiger partial charge in [-0.1, -0.05) is 12.1 Å². The molecule has 0 amide bonds. The number of aromatic nitrogens is 2. The Hall–Kier alpha value is -2.45. The Bertz CT molecular complexity index is 894. The maximum absolute atomic E-state index is 12.7. The van der Waals surface area contributed by atoms with E-state index in [-0.39, 0.29) is 24.0 Å². The molecule has 132 valence electrons. The Labute approximate surface area is 148 Å². The van der Waals surface area contributed by atoms with E-state index in [9.17, 15) is 14.4 Å². The highest BCUT2D eigenvalue weighted by Crippen LogP contribution is 2.35. The molecule has 2 heterocycles. The fourth-order valence-electron chi connectivity index (χ4n) is 2.80. The highest BCUT2D eigenvalue weighted by molar-refractivity contribution is 7.09. The fraction of sp³-hybridized carbons (Fsp3) is 0.353. The molecule has 2 aromatic heterocycles. The normalized spacial score (nSPS) is 14.0. The minimum Gasteiger partial charge on any atom is -0.384 e. The van der Waals surface area contributed by atoms with Gasteiger partial charge in [-0.25, -0.2) is 4.79 Å². The lowest BCUT2D eigenvalue weighted by Gasteiger charge is -2.19. The third-order valence-corrected chi connectivity index (χ3v) is 4.95. The molecule has 3 rings (SSSR count). The number of H-pyrrole nitrogens is 1. The van der Waals surface area contributed by atoms with E-state index in [1.54, 1.807) is 17.4 Å². The minimum absolute atomic E-state index is 0.0219. The van der Waals surface area contributed by atoms with Gasteiger partial charge < -0.3 is 5.73 Å². The SMILES string of the molecule is C=CCN(CC(=O)c1c(N)n(C2CC2)c(=O)[nH]c1=O)Cc1cccs1. The Kier molecular flexibility index (Phi) is 5.00. The average Bonchev–Trinajstić information content (AvgIpc) is 3.22. The van der Waals surface area contributed by atoms with E-state index >= 15 is 0 Å². The number of ketones is 1. The van der Waals surface area contributed by atoms with Crippen LogP contribution in [0.2, 0.25) is 0 Å². The molecule has 8 heteroatoms. The van der Waals surface area contributed by atoms with Gasteiger partial charge in [-0.15, -0.1) is 17.9 Å². The van der Waals surface area contributed by atoms with Gasteiger partial charge in [-0.05, 0) is 24.3 Å². The van der Waals surface area contributed by atoms with Crippen LogP contribution in [0.4, 0.5) is 5.82 Å². The molecule has 0 bridgehead atoms. The van der Waals surface area contributed by atoms with Gasteiger partial charge in [0.2, 0.25) is 0 Å². The van der Waals surface area contributed by atoms with Crippen LogP contribution in [-0.4, -0.2) is 33.3 Å². The molecule has 0 unspecified atom stereocenters. The number of nitrogens with zero attached hydrogens (tertiary/aromatic N) is 2. The summed E-state index contributed by atoms with van der Waals surface area (Å²) in [7, 11) is 0. The first-order valence-corrected chi connectivity index (χ1v) is 8.92. The summed E-state index contributed by atoms with van der Waals surface area (Å²) in [5, 5.41) is 1.97. The number of nitrogen functional groups attached to an aromatic ring is 1. The molecule has 1 aliphatic carbocycles. The molecule has 0 saturated heterocycles. The monoisotopic (exact) mass is 360 g/mol. The average molecular weight is 360 g/mol. The number of carbonyl (C=O) groups excluding carboxylic acids is 1. The molecule has 1 fully saturated rings. The van der Waals surface area contributed by atoms with Crippen LogP contribution in [0.25, 0.3) is 0 Å². The van der Waals surface area contributed by atoms with E-state index in [4.69, 9.17) is 5.73 Å². The molecular formula is C17H20N4O3S. The molecule has 0 radical (unpaired) electrons. The lowest BCUT2D eigenvalue weighted by Crippen LogP contribution is -2.39. The molecule has 25 heavy (non-hydrogen) atoms. The highest BCUT2D eigenvalue weighted by atomic mass is 32.1. The van der Waals surface area contributed by atoms with E-state index in [1.807, 2.05) is 22.4 Å². The highest BCUT2D eigenvalue weighted by Gasteiger charge is 2.30. The van der Waals surface area contributed by atoms with Crippen molar-refractivity contribution in [3.05, 3.63) is 61.4 Å². The predicted octanol–water partition coefficient (Wildman–Crippen LogP) is 1.39. The van der Waals surface area contributed by atoms with Crippen LogP contribution >= 0.6 is 11.3 Å². The van der Waals surface area contributed by atoms with Crippen LogP contribution in [0.5, 0.6) is 0 Å². The summed E-state index contributed by atoms with van der Waals surface area (Å²) in [5.74, 6) is -0.428. The molecule has 3 N–H and O–H groups in total. The molecule has 0 spiro atoms. The van der Waals surface area contributed by atoms with Gasteiger partial charge in [0.15, 0.2) is 5.78 Å². The molecule has 1 aliphatic rings. The van der Waals surface area contributed by atoms with Crippen molar-refractivity contribution in [2.24, 2.45) is 0 Å². The van der Waals surface area contributed by atoms with E-state index in [1.165, 1.54) is 4.57 Å². The second-order valence-electron chi connectivity index (χ2n) is 6.08. The summed E-state index contributed by atoms with van der Waals surface area (Å²) >= 11 is 1.60. The first-order chi connectivity index (χ1) is 12.0. The van der Waals surface area contributed by atoms with Gasteiger partial charge in [0.1, 0.15) is 11.4 Å². The number of Topliss-reactive ketones (excluding diaryl/α,β-unsaturated/α-hetero) is 1. The maximum Gasteiger partial charge on any atom is 0.330 e. The molecule has 2 aromatic rings. The van der Waals surface area contributed by atoms with Gasteiger partial charge in [-0.3, -0.25) is 24.0 Å². The summed E-state index contributed by atoms with van der Waals surface area (Å²) in [4.78, 5) is 42.0. The zero-order chi connectivity index (χ0) is 18.0. The van der Waals surface area contributed by atoms with Crippen molar-refractivity contribution >= 4 is 22.9 Å². The first kappa shape index (κ1) is 17.4. The van der Waals surface area contributed by atoms with Crippen LogP contribution in [0.1, 0.15) is 34.1 Å². The van der Waals surface area contributed by atoms with Gasteiger partial charge in [0.05, 0.1) is 6.54 Å². The number of aromatic amines is 1. The maximum atomic E-state index is 12.7. The number of thiophene rings is 1. The smallest absolute Gasteiger partial charge is 0.330 e. The largest absolute Gasteiger partial charge is 0.384 e. The van der Waals surface area contributed by atoms with Crippen molar-refractivity contribution in [1.29, 1.82) is 0 Å². The predicted molar refractivity (Wildman–Crippen MR) is 98.1 cm³/mol. The Morgan fingerprint density at radius 2 is 2.24 bits per heavy atom. The van der Waals surface area contributed by atoms with Crippen molar-refractivity contribution in [1.82, 2.24) is 14.5 Å². The van der Waals surface area contributed by atoms with Crippen LogP contribution in [0.3, 0.4) is 0 Å². The van der Waals surface area contributed by atoms with E-state index in [2.05, 4.69) is 11.6 Å². The topological polar surface area (TPSA) is 101 Å². The van der Waals surface area contributed by atoms with Crippen LogP contribution in [0.15, 0.2) is 39.8 Å². The lowest BCUT2D eigenvalue weighted by atomic mass is 10.1. The standard InChI is InChI=1S/C17H20N4O3S/c1-2-7-20(9-12-4-3-8-25-12)10-13(22)14-15(18)21(11-5-6-11)17(24)19-16(14)23/h2-4,8,11H,1,5-7,9-10,18H2,(H,19,23,24). The second kappa shape index (κ2) is 7.20.